The van der Waals surface area contributed by atoms with E-state index in [2.05, 4.69) is 4.98 Å². The first kappa shape index (κ1) is 15.3. The summed E-state index contributed by atoms with van der Waals surface area (Å²) in [6, 6.07) is 4.93. The molecule has 21 heavy (non-hydrogen) atoms. The van der Waals surface area contributed by atoms with Gasteiger partial charge in [-0.15, -0.1) is 0 Å². The Hall–Kier alpha value is -2.09. The lowest BCUT2D eigenvalue weighted by molar-refractivity contribution is -0.137. The molecule has 1 aromatic carbocycles. The molecule has 1 aromatic heterocycles. The van der Waals surface area contributed by atoms with Crippen LogP contribution in [0.4, 0.5) is 17.6 Å². The van der Waals surface area contributed by atoms with Crippen molar-refractivity contribution < 1.29 is 27.5 Å². The van der Waals surface area contributed by atoms with Crippen molar-refractivity contribution in [3.63, 3.8) is 0 Å². The van der Waals surface area contributed by atoms with E-state index in [1.807, 2.05) is 0 Å². The largest absolute Gasteiger partial charge is 0.478 e. The second kappa shape index (κ2) is 5.72. The van der Waals surface area contributed by atoms with Crippen LogP contribution in [-0.2, 0) is 6.18 Å². The van der Waals surface area contributed by atoms with Crippen molar-refractivity contribution in [2.75, 3.05) is 0 Å². The first-order valence-electron chi connectivity index (χ1n) is 5.51. The topological polar surface area (TPSA) is 50.2 Å². The Morgan fingerprint density at radius 1 is 1.19 bits per heavy atom. The summed E-state index contributed by atoms with van der Waals surface area (Å²) in [5.41, 5.74) is -1.41. The first-order chi connectivity index (χ1) is 9.77. The van der Waals surface area contributed by atoms with E-state index in [1.165, 1.54) is 6.07 Å². The van der Waals surface area contributed by atoms with Gasteiger partial charge < -0.3 is 5.11 Å². The van der Waals surface area contributed by atoms with Crippen molar-refractivity contribution in [1.29, 1.82) is 0 Å². The molecule has 2 aromatic rings. The zero-order valence-corrected chi connectivity index (χ0v) is 11.0. The van der Waals surface area contributed by atoms with Gasteiger partial charge in [0.1, 0.15) is 10.8 Å². The molecule has 0 saturated heterocycles. The third-order valence-corrected chi connectivity index (χ3v) is 3.37. The number of nitrogens with zero attached hydrogens (tertiary/aromatic N) is 1. The Morgan fingerprint density at radius 3 is 2.52 bits per heavy atom. The van der Waals surface area contributed by atoms with Crippen LogP contribution in [0.5, 0.6) is 0 Å². The highest BCUT2D eigenvalue weighted by Crippen LogP contribution is 2.33. The Morgan fingerprint density at radius 2 is 1.90 bits per heavy atom. The highest BCUT2D eigenvalue weighted by molar-refractivity contribution is 7.99. The summed E-state index contributed by atoms with van der Waals surface area (Å²) in [5.74, 6) is -2.36. The maximum Gasteiger partial charge on any atom is 0.416 e. The Kier molecular flexibility index (Phi) is 4.17. The highest BCUT2D eigenvalue weighted by Gasteiger charge is 2.30. The third kappa shape index (κ3) is 3.72. The summed E-state index contributed by atoms with van der Waals surface area (Å²) < 4.78 is 50.9. The molecule has 3 nitrogen and oxygen atoms in total. The molecule has 0 saturated carbocycles. The smallest absolute Gasteiger partial charge is 0.416 e. The second-order valence-electron chi connectivity index (χ2n) is 3.93. The van der Waals surface area contributed by atoms with Crippen LogP contribution < -0.4 is 0 Å². The van der Waals surface area contributed by atoms with Crippen molar-refractivity contribution in [2.45, 2.75) is 16.1 Å². The van der Waals surface area contributed by atoms with Crippen LogP contribution in [0.15, 0.2) is 46.5 Å². The van der Waals surface area contributed by atoms with Crippen LogP contribution in [0.2, 0.25) is 0 Å². The summed E-state index contributed by atoms with van der Waals surface area (Å²) in [5, 5.41) is 8.83. The fourth-order valence-electron chi connectivity index (χ4n) is 1.49. The molecule has 1 heterocycles. The number of rotatable bonds is 3. The van der Waals surface area contributed by atoms with Crippen LogP contribution in [-0.4, -0.2) is 16.1 Å². The van der Waals surface area contributed by atoms with Crippen LogP contribution in [0.3, 0.4) is 0 Å². The molecule has 0 aliphatic carbocycles. The van der Waals surface area contributed by atoms with Gasteiger partial charge in [-0.05, 0) is 30.3 Å². The van der Waals surface area contributed by atoms with Gasteiger partial charge in [0.05, 0.1) is 11.1 Å². The van der Waals surface area contributed by atoms with E-state index in [9.17, 15) is 22.4 Å². The summed E-state index contributed by atoms with van der Waals surface area (Å²) >= 11 is 0.817. The van der Waals surface area contributed by atoms with Crippen LogP contribution >= 0.6 is 11.8 Å². The maximum absolute atomic E-state index is 13.2. The van der Waals surface area contributed by atoms with Crippen LogP contribution in [0.25, 0.3) is 0 Å². The second-order valence-corrected chi connectivity index (χ2v) is 5.02. The van der Waals surface area contributed by atoms with Gasteiger partial charge >= 0.3 is 12.1 Å². The third-order valence-electron chi connectivity index (χ3n) is 2.45. The maximum atomic E-state index is 13.2. The van der Waals surface area contributed by atoms with Crippen LogP contribution in [0, 0.1) is 5.82 Å². The van der Waals surface area contributed by atoms with Gasteiger partial charge in [-0.3, -0.25) is 0 Å². The fourth-order valence-corrected chi connectivity index (χ4v) is 2.35. The number of carbonyl (C=O) groups is 1. The minimum absolute atomic E-state index is 0.0350. The van der Waals surface area contributed by atoms with Gasteiger partial charge in [0.15, 0.2) is 0 Å². The SMILES string of the molecule is O=C(O)c1cc(Sc2cc(C(F)(F)F)ccn2)ccc1F. The zero-order chi connectivity index (χ0) is 15.6. The van der Waals surface area contributed by atoms with Gasteiger partial charge in [-0.2, -0.15) is 13.2 Å². The van der Waals surface area contributed by atoms with Gasteiger partial charge in [0, 0.05) is 11.1 Å². The lowest BCUT2D eigenvalue weighted by Gasteiger charge is -2.08. The first-order valence-corrected chi connectivity index (χ1v) is 6.33. The molecule has 0 bridgehead atoms. The molecule has 0 aliphatic heterocycles. The number of carboxylic acid groups (broad SMARTS) is 1. The molecule has 8 heteroatoms. The predicted octanol–water partition coefficient (Wildman–Crippen LogP) is 4.09. The minimum atomic E-state index is -4.49. The van der Waals surface area contributed by atoms with Gasteiger partial charge in [-0.1, -0.05) is 11.8 Å². The lowest BCUT2D eigenvalue weighted by atomic mass is 10.2. The molecule has 1 N–H and O–H groups in total. The number of carboxylic acids is 1. The fraction of sp³-hybridized carbons (Fsp3) is 0.0769. The molecule has 110 valence electrons. The van der Waals surface area contributed by atoms with Gasteiger partial charge in [-0.25, -0.2) is 14.2 Å². The van der Waals surface area contributed by atoms with Crippen molar-refractivity contribution in [3.8, 4) is 0 Å². The van der Waals surface area contributed by atoms with Crippen molar-refractivity contribution >= 4 is 17.7 Å². The van der Waals surface area contributed by atoms with Crippen molar-refractivity contribution in [1.82, 2.24) is 4.98 Å². The number of alkyl halides is 3. The lowest BCUT2D eigenvalue weighted by Crippen LogP contribution is -2.05. The Balaban J connectivity index is 2.31. The van der Waals surface area contributed by atoms with E-state index < -0.39 is 29.1 Å². The molecule has 0 radical (unpaired) electrons. The van der Waals surface area contributed by atoms with Crippen molar-refractivity contribution in [3.05, 3.63) is 53.5 Å². The summed E-state index contributed by atoms with van der Waals surface area (Å²) in [4.78, 5) is 14.8. The number of aromatic nitrogens is 1. The number of halogens is 4. The highest BCUT2D eigenvalue weighted by atomic mass is 32.2. The van der Waals surface area contributed by atoms with Gasteiger partial charge in [0.25, 0.3) is 0 Å². The summed E-state index contributed by atoms with van der Waals surface area (Å²) in [7, 11) is 0. The van der Waals surface area contributed by atoms with Crippen LogP contribution in [0.1, 0.15) is 15.9 Å². The summed E-state index contributed by atoms with van der Waals surface area (Å²) in [6.07, 6.45) is -3.49. The molecule has 0 fully saturated rings. The Labute approximate surface area is 120 Å². The van der Waals surface area contributed by atoms with E-state index >= 15 is 0 Å². The number of aromatic carboxylic acids is 1. The van der Waals surface area contributed by atoms with E-state index in [0.717, 1.165) is 42.2 Å². The monoisotopic (exact) mass is 317 g/mol. The molecular formula is C13H7F4NO2S. The number of hydrogen-bond acceptors (Lipinski definition) is 3. The molecule has 0 aliphatic rings. The molecule has 0 atom stereocenters. The van der Waals surface area contributed by atoms with E-state index in [0.29, 0.717) is 0 Å². The number of benzene rings is 1. The molecule has 0 unspecified atom stereocenters. The average molecular weight is 317 g/mol. The van der Waals surface area contributed by atoms with E-state index in [4.69, 9.17) is 5.11 Å². The minimum Gasteiger partial charge on any atom is -0.478 e. The molecule has 2 rings (SSSR count). The van der Waals surface area contributed by atoms with E-state index in [1.54, 1.807) is 0 Å². The average Bonchev–Trinajstić information content (AvgIpc) is 2.40. The van der Waals surface area contributed by atoms with Gasteiger partial charge in [0.2, 0.25) is 0 Å². The standard InChI is InChI=1S/C13H7F4NO2S/c14-10-2-1-8(6-9(10)12(19)20)21-11-5-7(3-4-18-11)13(15,16)17/h1-6H,(H,19,20). The molecular weight excluding hydrogens is 310 g/mol. The number of hydrogen-bond donors (Lipinski definition) is 1. The molecule has 0 spiro atoms. The summed E-state index contributed by atoms with van der Waals surface area (Å²) in [6.45, 7) is 0. The van der Waals surface area contributed by atoms with Crippen molar-refractivity contribution in [2.24, 2.45) is 0 Å². The normalized spacial score (nSPS) is 11.4. The Bertz CT molecular complexity index is 688. The number of pyridine rings is 1. The zero-order valence-electron chi connectivity index (χ0n) is 10.2. The molecule has 0 amide bonds. The predicted molar refractivity (Wildman–Crippen MR) is 66.7 cm³/mol. The van der Waals surface area contributed by atoms with E-state index in [-0.39, 0.29) is 9.92 Å². The quantitative estimate of drug-likeness (QED) is 0.866.